The van der Waals surface area contributed by atoms with Crippen molar-refractivity contribution in [3.8, 4) is 0 Å². The number of carbonyl (C=O) groups excluding carboxylic acids is 1. The minimum Gasteiger partial charge on any atom is -0.352 e. The average molecular weight is 418 g/mol. The molecule has 8 heteroatoms. The van der Waals surface area contributed by atoms with Gasteiger partial charge in [-0.2, -0.15) is 4.31 Å². The van der Waals surface area contributed by atoms with E-state index < -0.39 is 10.0 Å². The zero-order chi connectivity index (χ0) is 18.8. The largest absolute Gasteiger partial charge is 0.352 e. The van der Waals surface area contributed by atoms with Crippen LogP contribution in [-0.4, -0.2) is 38.3 Å². The lowest BCUT2D eigenvalue weighted by atomic mass is 10.1. The second-order valence-corrected chi connectivity index (χ2v) is 8.78. The smallest absolute Gasteiger partial charge is 0.243 e. The van der Waals surface area contributed by atoms with Crippen LogP contribution in [0.4, 0.5) is 0 Å². The molecule has 1 amide bonds. The van der Waals surface area contributed by atoms with Crippen molar-refractivity contribution in [2.24, 2.45) is 5.73 Å². The van der Waals surface area contributed by atoms with Gasteiger partial charge in [0.05, 0.1) is 4.90 Å². The Morgan fingerprint density at radius 2 is 1.78 bits per heavy atom. The van der Waals surface area contributed by atoms with Crippen molar-refractivity contribution < 1.29 is 13.2 Å². The molecule has 0 atom stereocenters. The van der Waals surface area contributed by atoms with Crippen LogP contribution in [0.15, 0.2) is 29.2 Å². The van der Waals surface area contributed by atoms with E-state index in [1.54, 1.807) is 22.5 Å². The van der Waals surface area contributed by atoms with Gasteiger partial charge in [-0.1, -0.05) is 31.4 Å². The highest BCUT2D eigenvalue weighted by molar-refractivity contribution is 7.89. The van der Waals surface area contributed by atoms with Crippen LogP contribution in [-0.2, 0) is 21.4 Å². The number of sulfonamides is 1. The molecular weight excluding hydrogens is 386 g/mol. The highest BCUT2D eigenvalue weighted by Gasteiger charge is 2.25. The van der Waals surface area contributed by atoms with Gasteiger partial charge in [-0.05, 0) is 49.9 Å². The van der Waals surface area contributed by atoms with Crippen LogP contribution >= 0.6 is 12.4 Å². The third kappa shape index (κ3) is 7.78. The van der Waals surface area contributed by atoms with Gasteiger partial charge in [0.25, 0.3) is 0 Å². The average Bonchev–Trinajstić information content (AvgIpc) is 2.67. The van der Waals surface area contributed by atoms with E-state index in [1.165, 1.54) is 0 Å². The summed E-state index contributed by atoms with van der Waals surface area (Å²) >= 11 is 0. The van der Waals surface area contributed by atoms with Crippen molar-refractivity contribution in [1.29, 1.82) is 0 Å². The van der Waals surface area contributed by atoms with Gasteiger partial charge in [0.2, 0.25) is 15.9 Å². The molecule has 2 rings (SSSR count). The molecule has 0 aliphatic carbocycles. The number of unbranched alkanes of at least 4 members (excludes halogenated alkanes) is 3. The van der Waals surface area contributed by atoms with Crippen LogP contribution in [0.5, 0.6) is 0 Å². The van der Waals surface area contributed by atoms with Gasteiger partial charge in [0.15, 0.2) is 0 Å². The minimum atomic E-state index is -3.44. The van der Waals surface area contributed by atoms with Crippen molar-refractivity contribution in [2.75, 3.05) is 19.6 Å². The summed E-state index contributed by atoms with van der Waals surface area (Å²) in [6.45, 7) is 2.23. The summed E-state index contributed by atoms with van der Waals surface area (Å²) in [5.41, 5.74) is 6.25. The molecule has 1 aromatic rings. The number of nitrogens with one attached hydrogen (secondary N) is 1. The van der Waals surface area contributed by atoms with Gasteiger partial charge >= 0.3 is 0 Å². The molecule has 0 radical (unpaired) electrons. The monoisotopic (exact) mass is 417 g/mol. The number of carbonyl (C=O) groups is 1. The molecule has 1 aliphatic heterocycles. The molecule has 0 spiro atoms. The molecule has 1 heterocycles. The maximum atomic E-state index is 12.7. The van der Waals surface area contributed by atoms with E-state index in [1.807, 2.05) is 6.07 Å². The van der Waals surface area contributed by atoms with E-state index >= 15 is 0 Å². The van der Waals surface area contributed by atoms with Crippen molar-refractivity contribution in [3.63, 3.8) is 0 Å². The molecule has 1 aromatic carbocycles. The summed E-state index contributed by atoms with van der Waals surface area (Å²) in [6, 6.07) is 6.89. The SMILES string of the molecule is Cl.NCCCCCCC(=O)NCc1cccc(S(=O)(=O)N2CCCCC2)c1. The Morgan fingerprint density at radius 1 is 1.07 bits per heavy atom. The first-order valence-electron chi connectivity index (χ1n) is 9.60. The number of benzene rings is 1. The second-order valence-electron chi connectivity index (χ2n) is 6.84. The predicted molar refractivity (Wildman–Crippen MR) is 110 cm³/mol. The standard InChI is InChI=1S/C19H31N3O3S.ClH/c20-12-5-2-1-4-11-19(23)21-16-17-9-8-10-18(15-17)26(24,25)22-13-6-3-7-14-22;/h8-10,15H,1-7,11-14,16,20H2,(H,21,23);1H. The van der Waals surface area contributed by atoms with E-state index in [2.05, 4.69) is 5.32 Å². The van der Waals surface area contributed by atoms with E-state index in [0.29, 0.717) is 37.5 Å². The quantitative estimate of drug-likeness (QED) is 0.572. The van der Waals surface area contributed by atoms with Gasteiger partial charge in [-0.3, -0.25) is 4.79 Å². The number of hydrogen-bond donors (Lipinski definition) is 2. The normalized spacial score (nSPS) is 15.1. The number of halogens is 1. The summed E-state index contributed by atoms with van der Waals surface area (Å²) in [4.78, 5) is 12.2. The number of hydrogen-bond acceptors (Lipinski definition) is 4. The Hall–Kier alpha value is -1.15. The second kappa shape index (κ2) is 12.3. The first-order chi connectivity index (χ1) is 12.5. The van der Waals surface area contributed by atoms with Gasteiger partial charge in [-0.15, -0.1) is 12.4 Å². The van der Waals surface area contributed by atoms with Crippen LogP contribution in [0, 0.1) is 0 Å². The lowest BCUT2D eigenvalue weighted by Gasteiger charge is -2.26. The van der Waals surface area contributed by atoms with Gasteiger partial charge in [0, 0.05) is 26.1 Å². The Kier molecular flexibility index (Phi) is 10.9. The van der Waals surface area contributed by atoms with Crippen LogP contribution in [0.1, 0.15) is 56.9 Å². The van der Waals surface area contributed by atoms with E-state index in [4.69, 9.17) is 5.73 Å². The fraction of sp³-hybridized carbons (Fsp3) is 0.632. The number of amides is 1. The first kappa shape index (κ1) is 23.9. The Labute approximate surface area is 169 Å². The maximum Gasteiger partial charge on any atom is 0.243 e. The molecule has 0 unspecified atom stereocenters. The molecule has 0 saturated carbocycles. The number of nitrogens with two attached hydrogens (primary N) is 1. The molecule has 0 aromatic heterocycles. The highest BCUT2D eigenvalue weighted by atomic mass is 35.5. The van der Waals surface area contributed by atoms with Gasteiger partial charge < -0.3 is 11.1 Å². The van der Waals surface area contributed by atoms with Crippen LogP contribution < -0.4 is 11.1 Å². The van der Waals surface area contributed by atoms with E-state index in [-0.39, 0.29) is 18.3 Å². The summed E-state index contributed by atoms with van der Waals surface area (Å²) in [7, 11) is -3.44. The van der Waals surface area contributed by atoms with Crippen molar-refractivity contribution >= 4 is 28.3 Å². The van der Waals surface area contributed by atoms with Gasteiger partial charge in [0.1, 0.15) is 0 Å². The molecule has 1 aliphatic rings. The topological polar surface area (TPSA) is 92.5 Å². The van der Waals surface area contributed by atoms with E-state index in [9.17, 15) is 13.2 Å². The van der Waals surface area contributed by atoms with Crippen LogP contribution in [0.3, 0.4) is 0 Å². The zero-order valence-corrected chi connectivity index (χ0v) is 17.5. The number of rotatable bonds is 10. The lowest BCUT2D eigenvalue weighted by molar-refractivity contribution is -0.121. The molecule has 154 valence electrons. The Bertz CT molecular complexity index is 677. The lowest BCUT2D eigenvalue weighted by Crippen LogP contribution is -2.35. The molecule has 27 heavy (non-hydrogen) atoms. The minimum absolute atomic E-state index is 0. The fourth-order valence-corrected chi connectivity index (χ4v) is 4.73. The third-order valence-corrected chi connectivity index (χ3v) is 6.59. The molecule has 1 fully saturated rings. The predicted octanol–water partition coefficient (Wildman–Crippen LogP) is 2.81. The maximum absolute atomic E-state index is 12.7. The number of piperidine rings is 1. The molecule has 6 nitrogen and oxygen atoms in total. The highest BCUT2D eigenvalue weighted by Crippen LogP contribution is 2.21. The first-order valence-corrected chi connectivity index (χ1v) is 11.0. The van der Waals surface area contributed by atoms with Crippen molar-refractivity contribution in [3.05, 3.63) is 29.8 Å². The molecule has 1 saturated heterocycles. The van der Waals surface area contributed by atoms with Crippen LogP contribution in [0.25, 0.3) is 0 Å². The summed E-state index contributed by atoms with van der Waals surface area (Å²) in [5.74, 6) is 0.00189. The molecule has 0 bridgehead atoms. The Morgan fingerprint density at radius 3 is 2.48 bits per heavy atom. The third-order valence-electron chi connectivity index (χ3n) is 4.70. The van der Waals surface area contributed by atoms with Crippen LogP contribution in [0.2, 0.25) is 0 Å². The van der Waals surface area contributed by atoms with Crippen molar-refractivity contribution in [2.45, 2.75) is 62.8 Å². The summed E-state index contributed by atoms with van der Waals surface area (Å²) < 4.78 is 27.0. The van der Waals surface area contributed by atoms with Crippen molar-refractivity contribution in [1.82, 2.24) is 9.62 Å². The number of nitrogens with zero attached hydrogens (tertiary/aromatic N) is 1. The molecular formula is C19H32ClN3O3S. The van der Waals surface area contributed by atoms with Gasteiger partial charge in [-0.25, -0.2) is 8.42 Å². The zero-order valence-electron chi connectivity index (χ0n) is 15.9. The fourth-order valence-electron chi connectivity index (χ4n) is 3.14. The summed E-state index contributed by atoms with van der Waals surface area (Å²) in [5, 5.41) is 2.88. The Balaban J connectivity index is 0.00000364. The van der Waals surface area contributed by atoms with E-state index in [0.717, 1.165) is 50.5 Å². The summed E-state index contributed by atoms with van der Waals surface area (Å²) in [6.07, 6.45) is 7.34. The molecule has 3 N–H and O–H groups in total.